The Morgan fingerprint density at radius 3 is 3.00 bits per heavy atom. The number of nitrogen functional groups attached to an aromatic ring is 1. The standard InChI is InChI=1S/C14H20N6O/c1-10-7-13(17-9-16-10)20-14(15)11-8-19(5-6-21-2)4-3-12(11)18-20/h7,9H,3-6,8,15H2,1-2H3. The lowest BCUT2D eigenvalue weighted by molar-refractivity contribution is 0.140. The highest BCUT2D eigenvalue weighted by Gasteiger charge is 2.24. The molecule has 2 aromatic rings. The largest absolute Gasteiger partial charge is 0.383 e. The fraction of sp³-hybridized carbons (Fsp3) is 0.500. The third kappa shape index (κ3) is 2.74. The molecule has 7 heteroatoms. The average molecular weight is 288 g/mol. The van der Waals surface area contributed by atoms with Crippen LogP contribution in [0.15, 0.2) is 12.4 Å². The topological polar surface area (TPSA) is 82.1 Å². The Morgan fingerprint density at radius 1 is 1.38 bits per heavy atom. The first-order chi connectivity index (χ1) is 10.2. The molecule has 0 bridgehead atoms. The molecule has 1 aliphatic heterocycles. The second-order valence-corrected chi connectivity index (χ2v) is 5.26. The third-order valence-electron chi connectivity index (χ3n) is 3.77. The van der Waals surface area contributed by atoms with Crippen LogP contribution < -0.4 is 5.73 Å². The highest BCUT2D eigenvalue weighted by molar-refractivity contribution is 5.49. The van der Waals surface area contributed by atoms with Crippen LogP contribution in [-0.4, -0.2) is 51.5 Å². The quantitative estimate of drug-likeness (QED) is 0.885. The summed E-state index contributed by atoms with van der Waals surface area (Å²) < 4.78 is 6.86. The molecule has 0 radical (unpaired) electrons. The molecule has 3 rings (SSSR count). The lowest BCUT2D eigenvalue weighted by Crippen LogP contribution is -2.33. The van der Waals surface area contributed by atoms with Crippen LogP contribution in [0.3, 0.4) is 0 Å². The number of aromatic nitrogens is 4. The zero-order valence-corrected chi connectivity index (χ0v) is 12.4. The zero-order chi connectivity index (χ0) is 14.8. The molecule has 7 nitrogen and oxygen atoms in total. The van der Waals surface area contributed by atoms with Gasteiger partial charge in [0.2, 0.25) is 0 Å². The maximum absolute atomic E-state index is 6.28. The van der Waals surface area contributed by atoms with Crippen molar-refractivity contribution in [2.75, 3.05) is 32.5 Å². The van der Waals surface area contributed by atoms with Crippen molar-refractivity contribution < 1.29 is 4.74 Å². The summed E-state index contributed by atoms with van der Waals surface area (Å²) in [6.07, 6.45) is 2.44. The van der Waals surface area contributed by atoms with Gasteiger partial charge in [-0.3, -0.25) is 4.90 Å². The predicted octanol–water partition coefficient (Wildman–Crippen LogP) is 0.557. The van der Waals surface area contributed by atoms with Crippen LogP contribution in [0, 0.1) is 6.92 Å². The maximum Gasteiger partial charge on any atom is 0.159 e. The zero-order valence-electron chi connectivity index (χ0n) is 12.4. The van der Waals surface area contributed by atoms with Crippen molar-refractivity contribution in [3.8, 4) is 5.82 Å². The monoisotopic (exact) mass is 288 g/mol. The molecule has 1 aliphatic rings. The number of fused-ring (bicyclic) bond motifs is 1. The van der Waals surface area contributed by atoms with E-state index in [1.165, 1.54) is 6.33 Å². The molecule has 0 unspecified atom stereocenters. The number of aryl methyl sites for hydroxylation is 1. The first kappa shape index (κ1) is 14.0. The summed E-state index contributed by atoms with van der Waals surface area (Å²) in [6.45, 7) is 5.36. The molecule has 112 valence electrons. The molecule has 21 heavy (non-hydrogen) atoms. The first-order valence-electron chi connectivity index (χ1n) is 7.05. The van der Waals surface area contributed by atoms with E-state index < -0.39 is 0 Å². The van der Waals surface area contributed by atoms with Gasteiger partial charge in [-0.15, -0.1) is 0 Å². The summed E-state index contributed by atoms with van der Waals surface area (Å²) in [6, 6.07) is 1.89. The van der Waals surface area contributed by atoms with Crippen LogP contribution in [0.5, 0.6) is 0 Å². The van der Waals surface area contributed by atoms with Gasteiger partial charge in [0, 0.05) is 50.5 Å². The highest BCUT2D eigenvalue weighted by Crippen LogP contribution is 2.25. The van der Waals surface area contributed by atoms with Crippen molar-refractivity contribution in [2.45, 2.75) is 19.9 Å². The Morgan fingerprint density at radius 2 is 2.24 bits per heavy atom. The van der Waals surface area contributed by atoms with Gasteiger partial charge in [0.05, 0.1) is 12.3 Å². The molecule has 0 aromatic carbocycles. The molecule has 2 N–H and O–H groups in total. The van der Waals surface area contributed by atoms with E-state index in [0.717, 1.165) is 55.4 Å². The van der Waals surface area contributed by atoms with Crippen LogP contribution in [0.1, 0.15) is 17.0 Å². The first-order valence-corrected chi connectivity index (χ1v) is 7.05. The minimum atomic E-state index is 0.671. The number of nitrogens with zero attached hydrogens (tertiary/aromatic N) is 5. The minimum Gasteiger partial charge on any atom is -0.383 e. The van der Waals surface area contributed by atoms with Crippen LogP contribution in [0.25, 0.3) is 5.82 Å². The number of anilines is 1. The van der Waals surface area contributed by atoms with E-state index in [4.69, 9.17) is 10.5 Å². The minimum absolute atomic E-state index is 0.671. The number of ether oxygens (including phenoxy) is 1. The van der Waals surface area contributed by atoms with Crippen LogP contribution in [-0.2, 0) is 17.7 Å². The summed E-state index contributed by atoms with van der Waals surface area (Å²) in [5.41, 5.74) is 9.35. The molecule has 0 saturated carbocycles. The van der Waals surface area contributed by atoms with Crippen LogP contribution in [0.2, 0.25) is 0 Å². The van der Waals surface area contributed by atoms with Crippen molar-refractivity contribution >= 4 is 5.82 Å². The Labute approximate surface area is 123 Å². The van der Waals surface area contributed by atoms with Gasteiger partial charge >= 0.3 is 0 Å². The average Bonchev–Trinajstić information content (AvgIpc) is 2.82. The maximum atomic E-state index is 6.28. The van der Waals surface area contributed by atoms with E-state index >= 15 is 0 Å². The Bertz CT molecular complexity index is 638. The number of hydrogen-bond acceptors (Lipinski definition) is 6. The van der Waals surface area contributed by atoms with E-state index in [9.17, 15) is 0 Å². The van der Waals surface area contributed by atoms with E-state index in [1.807, 2.05) is 13.0 Å². The number of rotatable bonds is 4. The predicted molar refractivity (Wildman–Crippen MR) is 79.2 cm³/mol. The second kappa shape index (κ2) is 5.79. The Kier molecular flexibility index (Phi) is 3.85. The van der Waals surface area contributed by atoms with Crippen molar-refractivity contribution in [3.63, 3.8) is 0 Å². The fourth-order valence-electron chi connectivity index (χ4n) is 2.59. The van der Waals surface area contributed by atoms with E-state index in [1.54, 1.807) is 11.8 Å². The van der Waals surface area contributed by atoms with Gasteiger partial charge in [0.1, 0.15) is 12.1 Å². The summed E-state index contributed by atoms with van der Waals surface area (Å²) in [7, 11) is 1.72. The van der Waals surface area contributed by atoms with Gasteiger partial charge in [-0.2, -0.15) is 9.78 Å². The Balaban J connectivity index is 1.89. The van der Waals surface area contributed by atoms with Crippen LogP contribution in [0.4, 0.5) is 5.82 Å². The smallest absolute Gasteiger partial charge is 0.159 e. The number of hydrogen-bond donors (Lipinski definition) is 1. The van der Waals surface area contributed by atoms with Crippen molar-refractivity contribution in [1.29, 1.82) is 0 Å². The van der Waals surface area contributed by atoms with Crippen molar-refractivity contribution in [1.82, 2.24) is 24.6 Å². The number of nitrogens with two attached hydrogens (primary N) is 1. The Hall–Kier alpha value is -1.99. The fourth-order valence-corrected chi connectivity index (χ4v) is 2.59. The van der Waals surface area contributed by atoms with Gasteiger partial charge in [-0.25, -0.2) is 9.97 Å². The molecule has 3 heterocycles. The van der Waals surface area contributed by atoms with Crippen LogP contribution >= 0.6 is 0 Å². The lowest BCUT2D eigenvalue weighted by atomic mass is 10.1. The summed E-state index contributed by atoms with van der Waals surface area (Å²) in [5.74, 6) is 1.39. The van der Waals surface area contributed by atoms with E-state index in [-0.39, 0.29) is 0 Å². The summed E-state index contributed by atoms with van der Waals surface area (Å²) in [4.78, 5) is 10.7. The summed E-state index contributed by atoms with van der Waals surface area (Å²) in [5, 5.41) is 4.62. The molecule has 0 atom stereocenters. The van der Waals surface area contributed by atoms with Gasteiger partial charge < -0.3 is 10.5 Å². The molecular weight excluding hydrogens is 268 g/mol. The van der Waals surface area contributed by atoms with Gasteiger partial charge in [-0.05, 0) is 6.92 Å². The third-order valence-corrected chi connectivity index (χ3v) is 3.77. The molecule has 0 saturated heterocycles. The molecule has 0 fully saturated rings. The van der Waals surface area contributed by atoms with Crippen molar-refractivity contribution in [2.24, 2.45) is 0 Å². The van der Waals surface area contributed by atoms with Gasteiger partial charge in [0.25, 0.3) is 0 Å². The molecule has 0 amide bonds. The molecule has 2 aromatic heterocycles. The lowest BCUT2D eigenvalue weighted by Gasteiger charge is -2.25. The second-order valence-electron chi connectivity index (χ2n) is 5.26. The normalized spacial score (nSPS) is 15.1. The number of methoxy groups -OCH3 is 1. The molecule has 0 aliphatic carbocycles. The van der Waals surface area contributed by atoms with E-state index in [0.29, 0.717) is 5.82 Å². The van der Waals surface area contributed by atoms with E-state index in [2.05, 4.69) is 20.0 Å². The molecule has 0 spiro atoms. The highest BCUT2D eigenvalue weighted by atomic mass is 16.5. The van der Waals surface area contributed by atoms with Gasteiger partial charge in [-0.1, -0.05) is 0 Å². The molecular formula is C14H20N6O. The van der Waals surface area contributed by atoms with Crippen molar-refractivity contribution in [3.05, 3.63) is 29.3 Å². The van der Waals surface area contributed by atoms with Gasteiger partial charge in [0.15, 0.2) is 5.82 Å². The summed E-state index contributed by atoms with van der Waals surface area (Å²) >= 11 is 0. The SMILES string of the molecule is COCCN1CCc2nn(-c3cc(C)ncn3)c(N)c2C1.